The Morgan fingerprint density at radius 3 is 2.86 bits per heavy atom. The Labute approximate surface area is 86.9 Å². The van der Waals surface area contributed by atoms with Crippen molar-refractivity contribution in [2.24, 2.45) is 0 Å². The van der Waals surface area contributed by atoms with Crippen molar-refractivity contribution in [3.63, 3.8) is 0 Å². The molecule has 0 aromatic heterocycles. The number of hydrogen-bond donors (Lipinski definition) is 1. The highest BCUT2D eigenvalue weighted by atomic mass is 32.2. The number of allylic oxidation sites excluding steroid dienone is 1. The molecule has 2 nitrogen and oxygen atoms in total. The molecule has 0 saturated carbocycles. The van der Waals surface area contributed by atoms with Gasteiger partial charge in [-0.2, -0.15) is 0 Å². The van der Waals surface area contributed by atoms with Crippen molar-refractivity contribution >= 4 is 11.1 Å². The molecule has 0 saturated heterocycles. The summed E-state index contributed by atoms with van der Waals surface area (Å²) in [7, 11) is 0. The van der Waals surface area contributed by atoms with E-state index in [0.29, 0.717) is 4.90 Å². The summed E-state index contributed by atoms with van der Waals surface area (Å²) in [5.74, 6) is 0. The first-order chi connectivity index (χ1) is 6.65. The number of benzene rings is 1. The van der Waals surface area contributed by atoms with Gasteiger partial charge in [0.05, 0.1) is 4.90 Å². The van der Waals surface area contributed by atoms with E-state index in [1.165, 1.54) is 0 Å². The van der Waals surface area contributed by atoms with Crippen LogP contribution < -0.4 is 0 Å². The van der Waals surface area contributed by atoms with Gasteiger partial charge in [-0.1, -0.05) is 23.8 Å². The molecule has 0 aliphatic heterocycles. The largest absolute Gasteiger partial charge is 0.302 e. The van der Waals surface area contributed by atoms with Crippen LogP contribution in [0.5, 0.6) is 0 Å². The molecular formula is C11H14O2S. The van der Waals surface area contributed by atoms with Crippen molar-refractivity contribution in [1.29, 1.82) is 0 Å². The van der Waals surface area contributed by atoms with Crippen LogP contribution in [0.2, 0.25) is 0 Å². The first-order valence-corrected chi connectivity index (χ1v) is 5.57. The molecule has 0 fully saturated rings. The lowest BCUT2D eigenvalue weighted by atomic mass is 10.1. The van der Waals surface area contributed by atoms with Crippen LogP contribution in [-0.2, 0) is 17.5 Å². The second kappa shape index (κ2) is 5.08. The number of rotatable bonds is 4. The fourth-order valence-electron chi connectivity index (χ4n) is 1.33. The predicted octanol–water partition coefficient (Wildman–Crippen LogP) is 2.69. The fraction of sp³-hybridized carbons (Fsp3) is 0.273. The minimum Gasteiger partial charge on any atom is -0.302 e. The van der Waals surface area contributed by atoms with Crippen LogP contribution >= 0.6 is 0 Å². The SMILES string of the molecule is C=CCCc1cc(C)ccc1S(=O)O. The van der Waals surface area contributed by atoms with E-state index >= 15 is 0 Å². The Balaban J connectivity index is 3.02. The number of hydrogen-bond acceptors (Lipinski definition) is 1. The minimum atomic E-state index is -1.89. The molecule has 0 aliphatic carbocycles. The third kappa shape index (κ3) is 2.79. The summed E-state index contributed by atoms with van der Waals surface area (Å²) in [5, 5.41) is 0. The van der Waals surface area contributed by atoms with Crippen molar-refractivity contribution in [1.82, 2.24) is 0 Å². The highest BCUT2D eigenvalue weighted by molar-refractivity contribution is 7.79. The molecule has 1 aromatic rings. The monoisotopic (exact) mass is 210 g/mol. The zero-order valence-corrected chi connectivity index (χ0v) is 9.01. The van der Waals surface area contributed by atoms with Crippen LogP contribution in [0.4, 0.5) is 0 Å². The fourth-order valence-corrected chi connectivity index (χ4v) is 1.90. The molecule has 14 heavy (non-hydrogen) atoms. The molecule has 0 heterocycles. The van der Waals surface area contributed by atoms with Crippen molar-refractivity contribution in [2.75, 3.05) is 0 Å². The maximum Gasteiger partial charge on any atom is 0.186 e. The Kier molecular flexibility index (Phi) is 4.04. The molecule has 0 spiro atoms. The first kappa shape index (κ1) is 11.1. The average molecular weight is 210 g/mol. The number of aryl methyl sites for hydroxylation is 2. The van der Waals surface area contributed by atoms with Crippen molar-refractivity contribution in [3.05, 3.63) is 42.0 Å². The van der Waals surface area contributed by atoms with Gasteiger partial charge in [0.15, 0.2) is 11.1 Å². The molecule has 1 atom stereocenters. The lowest BCUT2D eigenvalue weighted by molar-refractivity contribution is 0.563. The van der Waals surface area contributed by atoms with Crippen LogP contribution in [0, 0.1) is 6.92 Å². The van der Waals surface area contributed by atoms with E-state index in [0.717, 1.165) is 24.0 Å². The lowest BCUT2D eigenvalue weighted by Gasteiger charge is -2.05. The van der Waals surface area contributed by atoms with E-state index in [1.807, 2.05) is 25.1 Å². The predicted molar refractivity (Wildman–Crippen MR) is 58.7 cm³/mol. The normalized spacial score (nSPS) is 12.4. The Bertz CT molecular complexity index is 358. The Morgan fingerprint density at radius 2 is 2.29 bits per heavy atom. The van der Waals surface area contributed by atoms with Crippen molar-refractivity contribution < 1.29 is 8.76 Å². The summed E-state index contributed by atoms with van der Waals surface area (Å²) in [6.07, 6.45) is 3.41. The molecule has 3 heteroatoms. The van der Waals surface area contributed by atoms with E-state index in [4.69, 9.17) is 4.55 Å². The standard InChI is InChI=1S/C11H14O2S/c1-3-4-5-10-8-9(2)6-7-11(10)14(12)13/h3,6-8H,1,4-5H2,2H3,(H,12,13). The van der Waals surface area contributed by atoms with Gasteiger partial charge in [-0.05, 0) is 31.4 Å². The zero-order valence-electron chi connectivity index (χ0n) is 8.19. The molecule has 1 unspecified atom stereocenters. The highest BCUT2D eigenvalue weighted by Crippen LogP contribution is 2.16. The Morgan fingerprint density at radius 1 is 1.57 bits per heavy atom. The first-order valence-electron chi connectivity index (χ1n) is 4.46. The van der Waals surface area contributed by atoms with Crippen LogP contribution in [0.15, 0.2) is 35.7 Å². The van der Waals surface area contributed by atoms with Crippen molar-refractivity contribution in [2.45, 2.75) is 24.7 Å². The van der Waals surface area contributed by atoms with Crippen LogP contribution in [0.1, 0.15) is 17.5 Å². The molecular weight excluding hydrogens is 196 g/mol. The molecule has 76 valence electrons. The summed E-state index contributed by atoms with van der Waals surface area (Å²) >= 11 is -1.89. The molecule has 1 aromatic carbocycles. The van der Waals surface area contributed by atoms with E-state index in [2.05, 4.69) is 6.58 Å². The van der Waals surface area contributed by atoms with Crippen LogP contribution in [0.3, 0.4) is 0 Å². The summed E-state index contributed by atoms with van der Waals surface area (Å²) in [6.45, 7) is 5.61. The van der Waals surface area contributed by atoms with Gasteiger partial charge >= 0.3 is 0 Å². The van der Waals surface area contributed by atoms with Gasteiger partial charge in [0, 0.05) is 0 Å². The van der Waals surface area contributed by atoms with Gasteiger partial charge in [0.1, 0.15) is 0 Å². The molecule has 1 N–H and O–H groups in total. The summed E-state index contributed by atoms with van der Waals surface area (Å²) in [5.41, 5.74) is 2.05. The molecule has 0 amide bonds. The lowest BCUT2D eigenvalue weighted by Crippen LogP contribution is -1.97. The van der Waals surface area contributed by atoms with Crippen LogP contribution in [-0.4, -0.2) is 8.76 Å². The van der Waals surface area contributed by atoms with Gasteiger partial charge in [0.2, 0.25) is 0 Å². The molecule has 0 aliphatic rings. The molecule has 0 bridgehead atoms. The molecule has 0 radical (unpaired) electrons. The second-order valence-electron chi connectivity index (χ2n) is 3.19. The average Bonchev–Trinajstić information content (AvgIpc) is 2.14. The maximum atomic E-state index is 11.0. The van der Waals surface area contributed by atoms with Gasteiger partial charge in [-0.25, -0.2) is 4.21 Å². The maximum absolute atomic E-state index is 11.0. The van der Waals surface area contributed by atoms with Crippen LogP contribution in [0.25, 0.3) is 0 Å². The van der Waals surface area contributed by atoms with Crippen molar-refractivity contribution in [3.8, 4) is 0 Å². The van der Waals surface area contributed by atoms with Gasteiger partial charge in [0.25, 0.3) is 0 Å². The van der Waals surface area contributed by atoms with E-state index < -0.39 is 11.1 Å². The summed E-state index contributed by atoms with van der Waals surface area (Å²) in [4.78, 5) is 0.512. The Hall–Kier alpha value is -0.930. The summed E-state index contributed by atoms with van der Waals surface area (Å²) < 4.78 is 20.0. The second-order valence-corrected chi connectivity index (χ2v) is 4.13. The van der Waals surface area contributed by atoms with E-state index in [9.17, 15) is 4.21 Å². The van der Waals surface area contributed by atoms with Gasteiger partial charge in [-0.3, -0.25) is 0 Å². The van der Waals surface area contributed by atoms with Gasteiger partial charge in [-0.15, -0.1) is 6.58 Å². The smallest absolute Gasteiger partial charge is 0.186 e. The highest BCUT2D eigenvalue weighted by Gasteiger charge is 2.06. The zero-order chi connectivity index (χ0) is 10.6. The van der Waals surface area contributed by atoms with Gasteiger partial charge < -0.3 is 4.55 Å². The third-order valence-electron chi connectivity index (χ3n) is 2.02. The molecule has 1 rings (SSSR count). The summed E-state index contributed by atoms with van der Waals surface area (Å²) in [6, 6.07) is 5.51. The van der Waals surface area contributed by atoms with E-state index in [-0.39, 0.29) is 0 Å². The minimum absolute atomic E-state index is 0.512. The van der Waals surface area contributed by atoms with E-state index in [1.54, 1.807) is 6.07 Å². The third-order valence-corrected chi connectivity index (χ3v) is 2.80. The topological polar surface area (TPSA) is 37.3 Å². The quantitative estimate of drug-likeness (QED) is 0.613.